The Bertz CT molecular complexity index is 1110. The van der Waals surface area contributed by atoms with Crippen LogP contribution in [0.2, 0.25) is 0 Å². The summed E-state index contributed by atoms with van der Waals surface area (Å²) in [7, 11) is 0. The van der Waals surface area contributed by atoms with Gasteiger partial charge < -0.3 is 20.3 Å². The molecule has 0 aromatic heterocycles. The number of hydrogen-bond donors (Lipinski definition) is 3. The van der Waals surface area contributed by atoms with Crippen LogP contribution in [0.1, 0.15) is 354 Å². The van der Waals surface area contributed by atoms with Gasteiger partial charge in [0.2, 0.25) is 5.91 Å². The number of aliphatic hydroxyl groups excluding tert-OH is 2. The molecule has 71 heavy (non-hydrogen) atoms. The lowest BCUT2D eigenvalue weighted by molar-refractivity contribution is -0.143. The maximum Gasteiger partial charge on any atom is 0.305 e. The van der Waals surface area contributed by atoms with Gasteiger partial charge in [-0.1, -0.05) is 308 Å². The molecule has 0 aliphatic heterocycles. The van der Waals surface area contributed by atoms with Crippen LogP contribution in [0.4, 0.5) is 0 Å². The number of rotatable bonds is 60. The molecule has 0 rings (SSSR count). The molecule has 0 spiro atoms. The van der Waals surface area contributed by atoms with Crippen LogP contribution in [0, 0.1) is 0 Å². The summed E-state index contributed by atoms with van der Waals surface area (Å²) in [5.41, 5.74) is 0. The van der Waals surface area contributed by atoms with Gasteiger partial charge in [-0.15, -0.1) is 0 Å². The zero-order valence-corrected chi connectivity index (χ0v) is 48.0. The molecule has 0 fully saturated rings. The third kappa shape index (κ3) is 57.5. The number of amides is 1. The highest BCUT2D eigenvalue weighted by Crippen LogP contribution is 2.18. The first kappa shape index (κ1) is 69.3. The lowest BCUT2D eigenvalue weighted by Crippen LogP contribution is -2.45. The van der Waals surface area contributed by atoms with Crippen molar-refractivity contribution in [2.75, 3.05) is 13.2 Å². The van der Waals surface area contributed by atoms with Gasteiger partial charge in [-0.2, -0.15) is 0 Å². The van der Waals surface area contributed by atoms with Crippen LogP contribution in [0.25, 0.3) is 0 Å². The first-order valence-electron chi connectivity index (χ1n) is 32.1. The number of nitrogens with one attached hydrogen (secondary N) is 1. The maximum absolute atomic E-state index is 12.5. The van der Waals surface area contributed by atoms with Gasteiger partial charge >= 0.3 is 5.97 Å². The molecule has 0 bridgehead atoms. The van der Waals surface area contributed by atoms with Crippen molar-refractivity contribution >= 4 is 11.9 Å². The van der Waals surface area contributed by atoms with Crippen molar-refractivity contribution in [3.05, 3.63) is 24.3 Å². The summed E-state index contributed by atoms with van der Waals surface area (Å²) in [5.74, 6) is -0.0324. The maximum atomic E-state index is 12.5. The first-order chi connectivity index (χ1) is 35.0. The molecule has 6 nitrogen and oxygen atoms in total. The molecule has 0 aromatic rings. The van der Waals surface area contributed by atoms with Gasteiger partial charge in [0.15, 0.2) is 0 Å². The lowest BCUT2D eigenvalue weighted by Gasteiger charge is -2.22. The highest BCUT2D eigenvalue weighted by Gasteiger charge is 2.20. The summed E-state index contributed by atoms with van der Waals surface area (Å²) in [6.07, 6.45) is 74.8. The van der Waals surface area contributed by atoms with E-state index in [4.69, 9.17) is 4.74 Å². The van der Waals surface area contributed by atoms with E-state index in [1.807, 2.05) is 0 Å². The van der Waals surface area contributed by atoms with Crippen molar-refractivity contribution in [2.24, 2.45) is 0 Å². The Balaban J connectivity index is 3.41. The van der Waals surface area contributed by atoms with E-state index in [9.17, 15) is 19.8 Å². The topological polar surface area (TPSA) is 95.9 Å². The molecule has 0 saturated heterocycles. The molecule has 2 unspecified atom stereocenters. The van der Waals surface area contributed by atoms with Crippen molar-refractivity contribution in [1.29, 1.82) is 0 Å². The fourth-order valence-corrected chi connectivity index (χ4v) is 10.1. The summed E-state index contributed by atoms with van der Waals surface area (Å²) in [4.78, 5) is 24.6. The Morgan fingerprint density at radius 1 is 0.394 bits per heavy atom. The molecule has 1 amide bonds. The molecule has 0 heterocycles. The Labute approximate surface area is 443 Å². The normalized spacial score (nSPS) is 12.7. The molecular formula is C65H125NO5. The van der Waals surface area contributed by atoms with Gasteiger partial charge in [0.25, 0.3) is 0 Å². The van der Waals surface area contributed by atoms with E-state index in [1.54, 1.807) is 0 Å². The van der Waals surface area contributed by atoms with Gasteiger partial charge in [0.1, 0.15) is 0 Å². The zero-order valence-electron chi connectivity index (χ0n) is 48.0. The van der Waals surface area contributed by atoms with Crippen molar-refractivity contribution in [3.8, 4) is 0 Å². The van der Waals surface area contributed by atoms with Crippen molar-refractivity contribution in [3.63, 3.8) is 0 Å². The van der Waals surface area contributed by atoms with Crippen molar-refractivity contribution in [2.45, 2.75) is 366 Å². The number of carbonyl (C=O) groups is 2. The highest BCUT2D eigenvalue weighted by molar-refractivity contribution is 5.76. The minimum atomic E-state index is -0.670. The van der Waals surface area contributed by atoms with Crippen LogP contribution in [-0.4, -0.2) is 47.4 Å². The van der Waals surface area contributed by atoms with Gasteiger partial charge in [0, 0.05) is 12.8 Å². The molecular weight excluding hydrogens is 875 g/mol. The van der Waals surface area contributed by atoms with Crippen LogP contribution >= 0.6 is 0 Å². The Morgan fingerprint density at radius 3 is 1.07 bits per heavy atom. The molecule has 0 saturated carbocycles. The summed E-state index contributed by atoms with van der Waals surface area (Å²) in [6, 6.07) is -0.548. The monoisotopic (exact) mass is 1000 g/mol. The molecule has 0 aliphatic carbocycles. The van der Waals surface area contributed by atoms with E-state index in [0.717, 1.165) is 44.9 Å². The number of aliphatic hydroxyl groups is 2. The predicted octanol–water partition coefficient (Wildman–Crippen LogP) is 20.2. The smallest absolute Gasteiger partial charge is 0.305 e. The number of unbranched alkanes of at least 4 members (excludes halogenated alkanes) is 45. The van der Waals surface area contributed by atoms with E-state index >= 15 is 0 Å². The van der Waals surface area contributed by atoms with Gasteiger partial charge in [-0.25, -0.2) is 0 Å². The Kier molecular flexibility index (Phi) is 59.5. The predicted molar refractivity (Wildman–Crippen MR) is 310 cm³/mol. The van der Waals surface area contributed by atoms with Crippen LogP contribution in [0.3, 0.4) is 0 Å². The zero-order chi connectivity index (χ0) is 51.4. The molecule has 0 radical (unpaired) electrons. The van der Waals surface area contributed by atoms with Crippen molar-refractivity contribution < 1.29 is 24.5 Å². The fraction of sp³-hybridized carbons (Fsp3) is 0.908. The van der Waals surface area contributed by atoms with E-state index in [-0.39, 0.29) is 18.5 Å². The van der Waals surface area contributed by atoms with Crippen LogP contribution in [0.15, 0.2) is 24.3 Å². The third-order valence-corrected chi connectivity index (χ3v) is 15.0. The largest absolute Gasteiger partial charge is 0.466 e. The number of allylic oxidation sites excluding steroid dienone is 4. The van der Waals surface area contributed by atoms with E-state index in [2.05, 4.69) is 43.5 Å². The summed E-state index contributed by atoms with van der Waals surface area (Å²) in [5, 5.41) is 23.2. The molecule has 420 valence electrons. The first-order valence-corrected chi connectivity index (χ1v) is 32.1. The second kappa shape index (κ2) is 60.9. The molecule has 0 aromatic carbocycles. The Hall–Kier alpha value is -1.66. The van der Waals surface area contributed by atoms with Crippen LogP contribution in [-0.2, 0) is 14.3 Å². The SMILES string of the molecule is CCCCCCCCCCCCCCCCCCCCC(=O)OCCCCCCCCCCC/C=C\C/C=C\CCCCCCCCCC(=O)NC(CO)C(O)CCCCCCCCCCCCCCC. The second-order valence-electron chi connectivity index (χ2n) is 22.1. The van der Waals surface area contributed by atoms with Crippen molar-refractivity contribution in [1.82, 2.24) is 5.32 Å². The minimum Gasteiger partial charge on any atom is -0.466 e. The summed E-state index contributed by atoms with van der Waals surface area (Å²) >= 11 is 0. The second-order valence-corrected chi connectivity index (χ2v) is 22.1. The molecule has 3 N–H and O–H groups in total. The van der Waals surface area contributed by atoms with Gasteiger partial charge in [0.05, 0.1) is 25.4 Å². The highest BCUT2D eigenvalue weighted by atomic mass is 16.5. The minimum absolute atomic E-state index is 0.0119. The van der Waals surface area contributed by atoms with E-state index in [1.165, 1.54) is 276 Å². The number of carbonyl (C=O) groups excluding carboxylic acids is 2. The average Bonchev–Trinajstić information content (AvgIpc) is 3.37. The number of esters is 1. The van der Waals surface area contributed by atoms with Crippen LogP contribution < -0.4 is 5.32 Å². The third-order valence-electron chi connectivity index (χ3n) is 15.0. The average molecular weight is 1000 g/mol. The standard InChI is InChI=1S/C65H125NO5/c1-3-5-7-9-11-13-15-17-18-19-28-31-35-39-43-47-51-55-59-65(70)71-60-56-52-48-44-40-36-32-29-26-24-22-20-21-23-25-27-30-34-38-42-46-50-54-58-64(69)66-62(61-67)63(68)57-53-49-45-41-37-33-16-14-12-10-8-6-4-2/h20,22-23,25,62-63,67-68H,3-19,21,24,26-61H2,1-2H3,(H,66,69)/b22-20-,25-23-. The van der Waals surface area contributed by atoms with Crippen LogP contribution in [0.5, 0.6) is 0 Å². The quantitative estimate of drug-likeness (QED) is 0.0320. The summed E-state index contributed by atoms with van der Waals surface area (Å²) in [6.45, 7) is 4.97. The van der Waals surface area contributed by atoms with E-state index < -0.39 is 12.1 Å². The number of ether oxygens (including phenoxy) is 1. The molecule has 6 heteroatoms. The molecule has 0 aliphatic rings. The van der Waals surface area contributed by atoms with E-state index in [0.29, 0.717) is 25.9 Å². The lowest BCUT2D eigenvalue weighted by atomic mass is 10.0. The number of hydrogen-bond acceptors (Lipinski definition) is 5. The summed E-state index contributed by atoms with van der Waals surface area (Å²) < 4.78 is 5.50. The Morgan fingerprint density at radius 2 is 0.704 bits per heavy atom. The molecule has 2 atom stereocenters. The van der Waals surface area contributed by atoms with Gasteiger partial charge in [-0.3, -0.25) is 9.59 Å². The van der Waals surface area contributed by atoms with Gasteiger partial charge in [-0.05, 0) is 57.8 Å². The fourth-order valence-electron chi connectivity index (χ4n) is 10.1.